The van der Waals surface area contributed by atoms with Crippen LogP contribution >= 0.6 is 11.8 Å². The fourth-order valence-corrected chi connectivity index (χ4v) is 2.48. The number of likely N-dealkylation sites (N-methyl/N-ethyl adjacent to an activating group) is 2. The first-order valence-corrected chi connectivity index (χ1v) is 8.16. The van der Waals surface area contributed by atoms with Gasteiger partial charge in [-0.05, 0) is 19.1 Å². The van der Waals surface area contributed by atoms with Crippen LogP contribution in [0.3, 0.4) is 0 Å². The maximum atomic E-state index is 12.1. The standard InChI is InChI=1S/C16H20N2O5S/c1-11(19)10-24-13-7-5-4-6-12(13)16(22)23-9-15(21)18(3)8-14(20)17-2/h4-7H,8-10H2,1-3H3,(H,17,20). The van der Waals surface area contributed by atoms with Crippen molar-refractivity contribution in [3.05, 3.63) is 29.8 Å². The Hall–Kier alpha value is -2.35. The molecule has 2 amide bonds. The predicted octanol–water partition coefficient (Wildman–Crippen LogP) is 0.729. The lowest BCUT2D eigenvalue weighted by molar-refractivity contribution is -0.137. The lowest BCUT2D eigenvalue weighted by Gasteiger charge is -2.16. The first kappa shape index (κ1) is 19.7. The Morgan fingerprint density at radius 1 is 1.21 bits per heavy atom. The number of carbonyl (C=O) groups is 4. The summed E-state index contributed by atoms with van der Waals surface area (Å²) in [7, 11) is 2.92. The number of thioether (sulfide) groups is 1. The molecule has 24 heavy (non-hydrogen) atoms. The van der Waals surface area contributed by atoms with Crippen LogP contribution in [-0.4, -0.2) is 61.5 Å². The van der Waals surface area contributed by atoms with Crippen LogP contribution in [-0.2, 0) is 19.1 Å². The summed E-state index contributed by atoms with van der Waals surface area (Å²) < 4.78 is 5.01. The minimum Gasteiger partial charge on any atom is -0.452 e. The second-order valence-electron chi connectivity index (χ2n) is 4.99. The molecule has 7 nitrogen and oxygen atoms in total. The lowest BCUT2D eigenvalue weighted by atomic mass is 10.2. The van der Waals surface area contributed by atoms with Crippen molar-refractivity contribution in [2.75, 3.05) is 33.0 Å². The van der Waals surface area contributed by atoms with E-state index in [1.807, 2.05) is 0 Å². The van der Waals surface area contributed by atoms with Gasteiger partial charge < -0.3 is 15.0 Å². The maximum absolute atomic E-state index is 12.1. The summed E-state index contributed by atoms with van der Waals surface area (Å²) in [5.41, 5.74) is 0.297. The van der Waals surface area contributed by atoms with Gasteiger partial charge in [0, 0.05) is 19.0 Å². The number of carbonyl (C=O) groups excluding carboxylic acids is 4. The van der Waals surface area contributed by atoms with Gasteiger partial charge in [-0.25, -0.2) is 4.79 Å². The zero-order valence-electron chi connectivity index (χ0n) is 13.8. The summed E-state index contributed by atoms with van der Waals surface area (Å²) >= 11 is 1.24. The highest BCUT2D eigenvalue weighted by Gasteiger charge is 2.17. The molecule has 1 N–H and O–H groups in total. The van der Waals surface area contributed by atoms with E-state index >= 15 is 0 Å². The molecule has 0 aromatic heterocycles. The molecule has 0 unspecified atom stereocenters. The van der Waals surface area contributed by atoms with E-state index in [0.29, 0.717) is 10.5 Å². The van der Waals surface area contributed by atoms with E-state index in [1.54, 1.807) is 24.3 Å². The fraction of sp³-hybridized carbons (Fsp3) is 0.375. The van der Waals surface area contributed by atoms with E-state index in [4.69, 9.17) is 4.74 Å². The van der Waals surface area contributed by atoms with E-state index in [9.17, 15) is 19.2 Å². The van der Waals surface area contributed by atoms with Crippen molar-refractivity contribution in [2.24, 2.45) is 0 Å². The van der Waals surface area contributed by atoms with E-state index in [0.717, 1.165) is 0 Å². The average molecular weight is 352 g/mol. The number of hydrogen-bond donors (Lipinski definition) is 1. The molecule has 0 aliphatic carbocycles. The van der Waals surface area contributed by atoms with E-state index in [-0.39, 0.29) is 24.0 Å². The highest BCUT2D eigenvalue weighted by molar-refractivity contribution is 8.00. The third-order valence-corrected chi connectivity index (χ3v) is 4.17. The highest BCUT2D eigenvalue weighted by atomic mass is 32.2. The van der Waals surface area contributed by atoms with Gasteiger partial charge in [-0.15, -0.1) is 11.8 Å². The first-order valence-electron chi connectivity index (χ1n) is 7.18. The summed E-state index contributed by atoms with van der Waals surface area (Å²) in [5.74, 6) is -1.21. The molecule has 0 saturated heterocycles. The quantitative estimate of drug-likeness (QED) is 0.548. The number of Topliss-reactive ketones (excluding diaryl/α,β-unsaturated/α-hetero) is 1. The summed E-state index contributed by atoms with van der Waals surface area (Å²) in [6.07, 6.45) is 0. The monoisotopic (exact) mass is 352 g/mol. The third kappa shape index (κ3) is 6.41. The maximum Gasteiger partial charge on any atom is 0.339 e. The summed E-state index contributed by atoms with van der Waals surface area (Å²) in [6, 6.07) is 6.71. The number of nitrogens with one attached hydrogen (secondary N) is 1. The van der Waals surface area contributed by atoms with Gasteiger partial charge in [0.1, 0.15) is 5.78 Å². The van der Waals surface area contributed by atoms with Crippen molar-refractivity contribution in [3.63, 3.8) is 0 Å². The highest BCUT2D eigenvalue weighted by Crippen LogP contribution is 2.23. The molecule has 0 aliphatic heterocycles. The largest absolute Gasteiger partial charge is 0.452 e. The van der Waals surface area contributed by atoms with E-state index < -0.39 is 18.5 Å². The minimum atomic E-state index is -0.650. The molecule has 0 heterocycles. The Kier molecular flexibility index (Phi) is 7.97. The molecule has 0 fully saturated rings. The fourth-order valence-electron chi connectivity index (χ4n) is 1.64. The zero-order chi connectivity index (χ0) is 18.1. The molecule has 8 heteroatoms. The lowest BCUT2D eigenvalue weighted by Crippen LogP contribution is -2.39. The van der Waals surface area contributed by atoms with Crippen LogP contribution in [0.4, 0.5) is 0 Å². The third-order valence-electron chi connectivity index (χ3n) is 2.95. The molecule has 0 bridgehead atoms. The number of benzene rings is 1. The van der Waals surface area contributed by atoms with Gasteiger partial charge in [0.25, 0.3) is 5.91 Å². The molecule has 1 rings (SSSR count). The topological polar surface area (TPSA) is 92.8 Å². The number of esters is 1. The van der Waals surface area contributed by atoms with Crippen LogP contribution in [0.25, 0.3) is 0 Å². The van der Waals surface area contributed by atoms with Crippen molar-refractivity contribution in [2.45, 2.75) is 11.8 Å². The molecule has 0 saturated carbocycles. The molecule has 0 atom stereocenters. The predicted molar refractivity (Wildman–Crippen MR) is 89.8 cm³/mol. The smallest absolute Gasteiger partial charge is 0.339 e. The number of hydrogen-bond acceptors (Lipinski definition) is 6. The van der Waals surface area contributed by atoms with Crippen molar-refractivity contribution < 1.29 is 23.9 Å². The molecule has 1 aromatic rings. The van der Waals surface area contributed by atoms with Gasteiger partial charge in [0.2, 0.25) is 5.91 Å². The van der Waals surface area contributed by atoms with Gasteiger partial charge in [-0.1, -0.05) is 12.1 Å². The van der Waals surface area contributed by atoms with Crippen LogP contribution in [0.1, 0.15) is 17.3 Å². The van der Waals surface area contributed by atoms with Crippen LogP contribution in [0.15, 0.2) is 29.2 Å². The number of ketones is 1. The second kappa shape index (κ2) is 9.71. The van der Waals surface area contributed by atoms with Gasteiger partial charge in [-0.3, -0.25) is 14.4 Å². The molecular formula is C16H20N2O5S. The van der Waals surface area contributed by atoms with Crippen LogP contribution in [0.5, 0.6) is 0 Å². The first-order chi connectivity index (χ1) is 11.3. The van der Waals surface area contributed by atoms with Crippen molar-refractivity contribution >= 4 is 35.3 Å². The van der Waals surface area contributed by atoms with E-state index in [1.165, 1.54) is 37.7 Å². The number of amides is 2. The van der Waals surface area contributed by atoms with Crippen LogP contribution in [0, 0.1) is 0 Å². The number of ether oxygens (including phenoxy) is 1. The van der Waals surface area contributed by atoms with E-state index in [2.05, 4.69) is 5.32 Å². The average Bonchev–Trinajstić information content (AvgIpc) is 2.57. The molecule has 1 aromatic carbocycles. The van der Waals surface area contributed by atoms with Crippen molar-refractivity contribution in [1.29, 1.82) is 0 Å². The molecular weight excluding hydrogens is 332 g/mol. The molecule has 0 aliphatic rings. The van der Waals surface area contributed by atoms with Gasteiger partial charge in [0.05, 0.1) is 17.9 Å². The molecule has 130 valence electrons. The molecule has 0 spiro atoms. The van der Waals surface area contributed by atoms with Crippen molar-refractivity contribution in [3.8, 4) is 0 Å². The van der Waals surface area contributed by atoms with Crippen molar-refractivity contribution in [1.82, 2.24) is 10.2 Å². The molecule has 0 radical (unpaired) electrons. The normalized spacial score (nSPS) is 9.96. The van der Waals surface area contributed by atoms with Gasteiger partial charge in [-0.2, -0.15) is 0 Å². The Labute approximate surface area is 144 Å². The Morgan fingerprint density at radius 3 is 2.50 bits per heavy atom. The van der Waals surface area contributed by atoms with Crippen LogP contribution in [0.2, 0.25) is 0 Å². The summed E-state index contributed by atoms with van der Waals surface area (Å²) in [4.78, 5) is 48.1. The SMILES string of the molecule is CNC(=O)CN(C)C(=O)COC(=O)c1ccccc1SCC(C)=O. The summed E-state index contributed by atoms with van der Waals surface area (Å²) in [5, 5.41) is 2.40. The number of rotatable bonds is 8. The van der Waals surface area contributed by atoms with Gasteiger partial charge in [0.15, 0.2) is 6.61 Å². The second-order valence-corrected chi connectivity index (χ2v) is 6.00. The Bertz CT molecular complexity index is 633. The van der Waals surface area contributed by atoms with Gasteiger partial charge >= 0.3 is 5.97 Å². The summed E-state index contributed by atoms with van der Waals surface area (Å²) in [6.45, 7) is 0.894. The number of nitrogens with zero attached hydrogens (tertiary/aromatic N) is 1. The Morgan fingerprint density at radius 2 is 1.88 bits per heavy atom. The Balaban J connectivity index is 2.63. The zero-order valence-corrected chi connectivity index (χ0v) is 14.6. The minimum absolute atomic E-state index is 0.00539. The van der Waals surface area contributed by atoms with Crippen LogP contribution < -0.4 is 5.32 Å².